The fourth-order valence-electron chi connectivity index (χ4n) is 0.200. The van der Waals surface area contributed by atoms with Crippen molar-refractivity contribution in [1.82, 2.24) is 0 Å². The third-order valence-corrected chi connectivity index (χ3v) is 0.499. The Morgan fingerprint density at radius 1 is 1.45 bits per heavy atom. The number of rotatable bonds is 2. The van der Waals surface area contributed by atoms with Crippen LogP contribution < -0.4 is 0 Å². The number of carboxylic acid groups (broad SMARTS) is 1. The molecule has 5 nitrogen and oxygen atoms in total. The molecule has 11 heavy (non-hydrogen) atoms. The molecule has 0 unspecified atom stereocenters. The van der Waals surface area contributed by atoms with E-state index in [0.717, 1.165) is 0 Å². The van der Waals surface area contributed by atoms with Gasteiger partial charge in [-0.2, -0.15) is 0 Å². The van der Waals surface area contributed by atoms with Crippen molar-refractivity contribution in [3.8, 4) is 0 Å². The van der Waals surface area contributed by atoms with Crippen molar-refractivity contribution in [3.05, 3.63) is 0 Å². The summed E-state index contributed by atoms with van der Waals surface area (Å²) < 4.78 is 3.96. The Bertz CT molecular complexity index is 128. The number of carbonyl (C=O) groups is 2. The van der Waals surface area contributed by atoms with Gasteiger partial charge in [0.05, 0.1) is 6.61 Å². The first-order valence-corrected chi connectivity index (χ1v) is 10.1. The molecular weight excluding hydrogens is 249 g/mol. The third kappa shape index (κ3) is 9.86. The van der Waals surface area contributed by atoms with Crippen LogP contribution in [-0.4, -0.2) is 43.4 Å². The maximum absolute atomic E-state index is 9.97. The van der Waals surface area contributed by atoms with Crippen LogP contribution in [0.2, 0.25) is 0 Å². The number of carbonyl (C=O) groups excluding carboxylic acids is 1. The molecule has 0 rings (SSSR count). The number of esters is 1. The van der Waals surface area contributed by atoms with Crippen LogP contribution >= 0.6 is 0 Å². The average Bonchev–Trinajstić information content (AvgIpc) is 2.03. The molecule has 0 saturated carbocycles. The standard InChI is InChI=1S/C4H6O5.Nb.H3Si/c5-1-2-9-4(8)3(6)7;;/h5H,1-2H2,(H,6,7);;1H3. The molecule has 0 aromatic rings. The van der Waals surface area contributed by atoms with Crippen LogP contribution in [0.5, 0.6) is 0 Å². The molecule has 0 aliphatic carbocycles. The van der Waals surface area contributed by atoms with Gasteiger partial charge in [-0.3, -0.25) is 0 Å². The second-order valence-electron chi connectivity index (χ2n) is 1.16. The molecular formula is C4H9NbO5Si. The molecule has 2 N–H and O–H groups in total. The Kier molecular flexibility index (Phi) is 12.1. The fraction of sp³-hybridized carbons (Fsp3) is 0.500. The number of hydrogen-bond acceptors (Lipinski definition) is 4. The summed E-state index contributed by atoms with van der Waals surface area (Å²) in [5, 5.41) is 15.9. The molecule has 0 aromatic heterocycles. The second-order valence-corrected chi connectivity index (χ2v) is 1.16. The predicted octanol–water partition coefficient (Wildman–Crippen LogP) is -2.58. The molecule has 0 aromatic carbocycles. The fourth-order valence-corrected chi connectivity index (χ4v) is 0.200. The number of hydrogen-bond donors (Lipinski definition) is 2. The van der Waals surface area contributed by atoms with Crippen molar-refractivity contribution >= 4 is 19.9 Å². The molecule has 0 aliphatic heterocycles. The van der Waals surface area contributed by atoms with Gasteiger partial charge < -0.3 is 14.9 Å². The maximum atomic E-state index is 9.97. The van der Waals surface area contributed by atoms with E-state index in [0.29, 0.717) is 0 Å². The number of carboxylic acids is 1. The molecule has 0 fully saturated rings. The molecule has 0 bridgehead atoms. The summed E-state index contributed by atoms with van der Waals surface area (Å²) >= 11 is 1.89. The van der Waals surface area contributed by atoms with Gasteiger partial charge in [0.15, 0.2) is 0 Å². The van der Waals surface area contributed by atoms with Crippen molar-refractivity contribution in [1.29, 1.82) is 0 Å². The van der Waals surface area contributed by atoms with Crippen molar-refractivity contribution in [3.63, 3.8) is 0 Å². The van der Waals surface area contributed by atoms with Gasteiger partial charge in [0, 0.05) is 0 Å². The van der Waals surface area contributed by atoms with Crippen molar-refractivity contribution in [2.45, 2.75) is 0 Å². The van der Waals surface area contributed by atoms with E-state index in [1.807, 2.05) is 20.3 Å². The number of aliphatic hydroxyl groups is 1. The van der Waals surface area contributed by atoms with Crippen LogP contribution in [0.25, 0.3) is 0 Å². The van der Waals surface area contributed by atoms with E-state index >= 15 is 0 Å². The minimum atomic E-state index is -1.65. The predicted molar refractivity (Wildman–Crippen MR) is 35.6 cm³/mol. The molecule has 0 spiro atoms. The van der Waals surface area contributed by atoms with E-state index in [1.165, 1.54) is 8.00 Å². The van der Waals surface area contributed by atoms with Gasteiger partial charge in [-0.1, -0.05) is 0 Å². The molecule has 64 valence electrons. The summed E-state index contributed by atoms with van der Waals surface area (Å²) in [5.74, 6) is -2.99. The summed E-state index contributed by atoms with van der Waals surface area (Å²) in [4.78, 5) is 19.6. The Morgan fingerprint density at radius 3 is 2.18 bits per heavy atom. The van der Waals surface area contributed by atoms with E-state index in [1.54, 1.807) is 0 Å². The molecule has 0 heterocycles. The van der Waals surface area contributed by atoms with Crippen molar-refractivity contribution in [2.75, 3.05) is 13.2 Å². The minimum absolute atomic E-state index is 0.273. The normalized spacial score (nSPS) is 7.73. The van der Waals surface area contributed by atoms with Crippen molar-refractivity contribution in [2.24, 2.45) is 0 Å². The van der Waals surface area contributed by atoms with Crippen LogP contribution in [-0.2, 0) is 34.6 Å². The van der Waals surface area contributed by atoms with E-state index in [-0.39, 0.29) is 13.2 Å². The molecule has 0 amide bonds. The quantitative estimate of drug-likeness (QED) is 0.323. The van der Waals surface area contributed by atoms with Gasteiger partial charge in [-0.25, -0.2) is 9.59 Å². The van der Waals surface area contributed by atoms with Crippen LogP contribution in [0.3, 0.4) is 0 Å². The van der Waals surface area contributed by atoms with Crippen LogP contribution in [0.15, 0.2) is 0 Å². The van der Waals surface area contributed by atoms with Crippen molar-refractivity contribution < 1.29 is 44.8 Å². The van der Waals surface area contributed by atoms with E-state index in [9.17, 15) is 9.59 Å². The summed E-state index contributed by atoms with van der Waals surface area (Å²) in [6.07, 6.45) is 0. The zero-order valence-corrected chi connectivity index (χ0v) is 10.2. The Hall–Kier alpha value is -0.143. The summed E-state index contributed by atoms with van der Waals surface area (Å²) in [6, 6.07) is 0. The zero-order valence-electron chi connectivity index (χ0n) is 5.98. The number of aliphatic carboxylic acids is 1. The Morgan fingerprint density at radius 2 is 1.91 bits per heavy atom. The summed E-state index contributed by atoms with van der Waals surface area (Å²) in [6.45, 7) is -0.635. The van der Waals surface area contributed by atoms with Gasteiger partial charge in [-0.05, 0) is 0 Å². The van der Waals surface area contributed by atoms with Gasteiger partial charge in [0.25, 0.3) is 0 Å². The Labute approximate surface area is 78.2 Å². The van der Waals surface area contributed by atoms with Gasteiger partial charge in [0.2, 0.25) is 0 Å². The van der Waals surface area contributed by atoms with Gasteiger partial charge in [0.1, 0.15) is 6.61 Å². The first-order chi connectivity index (χ1) is 5.18. The number of aliphatic hydroxyl groups excluding tert-OH is 1. The van der Waals surface area contributed by atoms with E-state index < -0.39 is 11.9 Å². The molecule has 7 heteroatoms. The van der Waals surface area contributed by atoms with Crippen LogP contribution in [0, 0.1) is 0 Å². The first kappa shape index (κ1) is 13.4. The van der Waals surface area contributed by atoms with Gasteiger partial charge in [-0.15, -0.1) is 0 Å². The van der Waals surface area contributed by atoms with Crippen LogP contribution in [0.1, 0.15) is 0 Å². The molecule has 0 aliphatic rings. The number of ether oxygens (including phenoxy) is 1. The zero-order chi connectivity index (χ0) is 9.28. The SMILES string of the molecule is O=C(O)C(=O)OCCO.[SiH3][Nb]. The van der Waals surface area contributed by atoms with E-state index in [4.69, 9.17) is 10.2 Å². The molecule has 0 radical (unpaired) electrons. The van der Waals surface area contributed by atoms with Crippen LogP contribution in [0.4, 0.5) is 0 Å². The summed E-state index contributed by atoms with van der Waals surface area (Å²) in [5.41, 5.74) is 0. The monoisotopic (exact) mass is 258 g/mol. The first-order valence-electron chi connectivity index (χ1n) is 2.64. The van der Waals surface area contributed by atoms with Gasteiger partial charge >= 0.3 is 40.2 Å². The Balaban J connectivity index is 0. The topological polar surface area (TPSA) is 83.8 Å². The summed E-state index contributed by atoms with van der Waals surface area (Å²) in [7, 11) is 1.36. The third-order valence-electron chi connectivity index (χ3n) is 0.499. The van der Waals surface area contributed by atoms with E-state index in [2.05, 4.69) is 4.74 Å². The molecule has 0 saturated heterocycles. The molecule has 0 atom stereocenters. The average molecular weight is 258 g/mol. The second kappa shape index (κ2) is 9.86.